The molecule has 1 unspecified atom stereocenters. The van der Waals surface area contributed by atoms with Gasteiger partial charge in [-0.05, 0) is 18.1 Å². The van der Waals surface area contributed by atoms with Gasteiger partial charge >= 0.3 is 0 Å². The number of nitrogens with zero attached hydrogens (tertiary/aromatic N) is 4. The van der Waals surface area contributed by atoms with E-state index in [1.165, 1.54) is 0 Å². The number of para-hydroxylation sites is 1. The standard InChI is InChI=1S/C18H20N4O2/c23-18(15-11-14-3-1-2-4-16(14)24-13-15)22-9-7-21(8-10-22)17-12-19-5-6-20-17/h1-6,12,15H,7-11,13H2. The molecule has 0 spiro atoms. The van der Waals surface area contributed by atoms with Crippen molar-refractivity contribution in [3.05, 3.63) is 48.4 Å². The topological polar surface area (TPSA) is 58.6 Å². The molecule has 6 heteroatoms. The van der Waals surface area contributed by atoms with Crippen molar-refractivity contribution < 1.29 is 9.53 Å². The Kier molecular flexibility index (Phi) is 4.02. The SMILES string of the molecule is O=C(C1COc2ccccc2C1)N1CCN(c2cnccn2)CC1. The first-order valence-corrected chi connectivity index (χ1v) is 8.32. The Morgan fingerprint density at radius 3 is 2.75 bits per heavy atom. The molecule has 0 bridgehead atoms. The van der Waals surface area contributed by atoms with Crippen molar-refractivity contribution in [3.63, 3.8) is 0 Å². The summed E-state index contributed by atoms with van der Waals surface area (Å²) in [6, 6.07) is 7.97. The second-order valence-electron chi connectivity index (χ2n) is 6.20. The van der Waals surface area contributed by atoms with E-state index < -0.39 is 0 Å². The van der Waals surface area contributed by atoms with E-state index in [0.717, 1.165) is 36.6 Å². The highest BCUT2D eigenvalue weighted by molar-refractivity contribution is 5.80. The first-order valence-electron chi connectivity index (χ1n) is 8.32. The number of aromatic nitrogens is 2. The van der Waals surface area contributed by atoms with Gasteiger partial charge in [-0.3, -0.25) is 9.78 Å². The minimum Gasteiger partial charge on any atom is -0.492 e. The first-order chi connectivity index (χ1) is 11.8. The van der Waals surface area contributed by atoms with Gasteiger partial charge in [0, 0.05) is 38.6 Å². The minimum atomic E-state index is -0.0806. The molecule has 2 aromatic rings. The minimum absolute atomic E-state index is 0.0806. The van der Waals surface area contributed by atoms with E-state index >= 15 is 0 Å². The molecule has 1 fully saturated rings. The summed E-state index contributed by atoms with van der Waals surface area (Å²) in [6.45, 7) is 3.48. The second-order valence-corrected chi connectivity index (χ2v) is 6.20. The molecule has 1 amide bonds. The Labute approximate surface area is 141 Å². The van der Waals surface area contributed by atoms with Crippen LogP contribution < -0.4 is 9.64 Å². The summed E-state index contributed by atoms with van der Waals surface area (Å²) in [5, 5.41) is 0. The molecule has 24 heavy (non-hydrogen) atoms. The molecule has 0 aliphatic carbocycles. The predicted molar refractivity (Wildman–Crippen MR) is 90.0 cm³/mol. The van der Waals surface area contributed by atoms with Gasteiger partial charge in [0.05, 0.1) is 12.1 Å². The molecule has 0 saturated carbocycles. The van der Waals surface area contributed by atoms with E-state index in [-0.39, 0.29) is 11.8 Å². The van der Waals surface area contributed by atoms with Crippen LogP contribution in [0.25, 0.3) is 0 Å². The fourth-order valence-electron chi connectivity index (χ4n) is 3.36. The maximum Gasteiger partial charge on any atom is 0.229 e. The summed E-state index contributed by atoms with van der Waals surface area (Å²) in [4.78, 5) is 25.4. The Morgan fingerprint density at radius 2 is 1.96 bits per heavy atom. The van der Waals surface area contributed by atoms with Crippen LogP contribution in [0.1, 0.15) is 5.56 Å². The maximum atomic E-state index is 12.8. The van der Waals surface area contributed by atoms with Gasteiger partial charge in [0.25, 0.3) is 0 Å². The normalized spacial score (nSPS) is 20.2. The Bertz CT molecular complexity index is 714. The summed E-state index contributed by atoms with van der Waals surface area (Å²) in [5.74, 6) is 1.90. The van der Waals surface area contributed by atoms with Gasteiger partial charge in [-0.15, -0.1) is 0 Å². The molecular weight excluding hydrogens is 304 g/mol. The largest absolute Gasteiger partial charge is 0.492 e. The van der Waals surface area contributed by atoms with Crippen LogP contribution in [-0.4, -0.2) is 53.6 Å². The van der Waals surface area contributed by atoms with E-state index in [2.05, 4.69) is 14.9 Å². The van der Waals surface area contributed by atoms with Crippen LogP contribution in [0.4, 0.5) is 5.82 Å². The number of fused-ring (bicyclic) bond motifs is 1. The molecule has 1 atom stereocenters. The number of ether oxygens (including phenoxy) is 1. The van der Waals surface area contributed by atoms with E-state index in [9.17, 15) is 4.79 Å². The second kappa shape index (κ2) is 6.47. The molecule has 2 aliphatic heterocycles. The molecule has 2 aliphatic rings. The summed E-state index contributed by atoms with van der Waals surface area (Å²) in [5.41, 5.74) is 1.13. The highest BCUT2D eigenvalue weighted by Crippen LogP contribution is 2.28. The fraction of sp³-hybridized carbons (Fsp3) is 0.389. The third-order valence-corrected chi connectivity index (χ3v) is 4.69. The highest BCUT2D eigenvalue weighted by atomic mass is 16.5. The third-order valence-electron chi connectivity index (χ3n) is 4.69. The number of hydrogen-bond donors (Lipinski definition) is 0. The fourth-order valence-corrected chi connectivity index (χ4v) is 3.36. The molecule has 0 N–H and O–H groups in total. The van der Waals surface area contributed by atoms with Crippen molar-refractivity contribution in [1.29, 1.82) is 0 Å². The van der Waals surface area contributed by atoms with E-state index in [1.807, 2.05) is 29.2 Å². The smallest absolute Gasteiger partial charge is 0.229 e. The maximum absolute atomic E-state index is 12.8. The average Bonchev–Trinajstić information content (AvgIpc) is 2.68. The summed E-state index contributed by atoms with van der Waals surface area (Å²) < 4.78 is 5.76. The molecule has 1 aromatic carbocycles. The molecule has 3 heterocycles. The number of anilines is 1. The van der Waals surface area contributed by atoms with Gasteiger partial charge < -0.3 is 14.5 Å². The van der Waals surface area contributed by atoms with Crippen LogP contribution in [0.5, 0.6) is 5.75 Å². The first kappa shape index (κ1) is 14.9. The molecule has 0 radical (unpaired) electrons. The zero-order valence-electron chi connectivity index (χ0n) is 13.5. The number of carbonyl (C=O) groups excluding carboxylic acids is 1. The molecule has 6 nitrogen and oxygen atoms in total. The van der Waals surface area contributed by atoms with Crippen molar-refractivity contribution in [3.8, 4) is 5.75 Å². The number of piperazine rings is 1. The van der Waals surface area contributed by atoms with Gasteiger partial charge in [0.1, 0.15) is 18.2 Å². The van der Waals surface area contributed by atoms with Crippen molar-refractivity contribution in [2.75, 3.05) is 37.7 Å². The zero-order chi connectivity index (χ0) is 16.4. The molecular formula is C18H20N4O2. The number of rotatable bonds is 2. The van der Waals surface area contributed by atoms with Gasteiger partial charge in [-0.25, -0.2) is 4.98 Å². The Hall–Kier alpha value is -2.63. The Morgan fingerprint density at radius 1 is 1.12 bits per heavy atom. The monoisotopic (exact) mass is 324 g/mol. The Balaban J connectivity index is 1.37. The molecule has 1 aromatic heterocycles. The van der Waals surface area contributed by atoms with Crippen LogP contribution in [0, 0.1) is 5.92 Å². The number of amides is 1. The van der Waals surface area contributed by atoms with Crippen molar-refractivity contribution >= 4 is 11.7 Å². The lowest BCUT2D eigenvalue weighted by molar-refractivity contribution is -0.137. The summed E-state index contributed by atoms with van der Waals surface area (Å²) in [6.07, 6.45) is 5.90. The predicted octanol–water partition coefficient (Wildman–Crippen LogP) is 1.38. The number of carbonyl (C=O) groups is 1. The molecule has 4 rings (SSSR count). The van der Waals surface area contributed by atoms with Gasteiger partial charge in [-0.1, -0.05) is 18.2 Å². The quantitative estimate of drug-likeness (QED) is 0.835. The van der Waals surface area contributed by atoms with Crippen molar-refractivity contribution in [2.24, 2.45) is 5.92 Å². The number of benzene rings is 1. The van der Waals surface area contributed by atoms with Crippen LogP contribution in [-0.2, 0) is 11.2 Å². The summed E-state index contributed by atoms with van der Waals surface area (Å²) in [7, 11) is 0. The van der Waals surface area contributed by atoms with Crippen LogP contribution in [0.15, 0.2) is 42.9 Å². The van der Waals surface area contributed by atoms with E-state index in [4.69, 9.17) is 4.74 Å². The van der Waals surface area contributed by atoms with Gasteiger partial charge in [-0.2, -0.15) is 0 Å². The zero-order valence-corrected chi connectivity index (χ0v) is 13.5. The van der Waals surface area contributed by atoms with Gasteiger partial charge in [0.15, 0.2) is 0 Å². The lowest BCUT2D eigenvalue weighted by Crippen LogP contribution is -2.51. The lowest BCUT2D eigenvalue weighted by Gasteiger charge is -2.37. The third kappa shape index (κ3) is 2.91. The van der Waals surface area contributed by atoms with Gasteiger partial charge in [0.2, 0.25) is 5.91 Å². The van der Waals surface area contributed by atoms with Crippen molar-refractivity contribution in [1.82, 2.24) is 14.9 Å². The molecule has 124 valence electrons. The number of hydrogen-bond acceptors (Lipinski definition) is 5. The molecule has 1 saturated heterocycles. The van der Waals surface area contributed by atoms with E-state index in [0.29, 0.717) is 19.7 Å². The van der Waals surface area contributed by atoms with Crippen molar-refractivity contribution in [2.45, 2.75) is 6.42 Å². The lowest BCUT2D eigenvalue weighted by atomic mass is 9.95. The van der Waals surface area contributed by atoms with Crippen LogP contribution >= 0.6 is 0 Å². The van der Waals surface area contributed by atoms with E-state index in [1.54, 1.807) is 18.6 Å². The summed E-state index contributed by atoms with van der Waals surface area (Å²) >= 11 is 0. The highest BCUT2D eigenvalue weighted by Gasteiger charge is 2.31. The van der Waals surface area contributed by atoms with Crippen LogP contribution in [0.2, 0.25) is 0 Å². The van der Waals surface area contributed by atoms with Crippen LogP contribution in [0.3, 0.4) is 0 Å². The average molecular weight is 324 g/mol.